The van der Waals surface area contributed by atoms with Crippen molar-refractivity contribution in [2.45, 2.75) is 18.6 Å². The van der Waals surface area contributed by atoms with E-state index in [1.807, 2.05) is 0 Å². The van der Waals surface area contributed by atoms with E-state index in [1.165, 1.54) is 28.6 Å². The second-order valence-corrected chi connectivity index (χ2v) is 7.43. The average molecular weight is 300 g/mol. The second-order valence-electron chi connectivity index (χ2n) is 5.36. The number of hydrogen-bond acceptors (Lipinski definition) is 3. The summed E-state index contributed by atoms with van der Waals surface area (Å²) in [4.78, 5) is 0. The molecule has 0 aliphatic carbocycles. The Morgan fingerprint density at radius 2 is 1.85 bits per heavy atom. The van der Waals surface area contributed by atoms with E-state index in [0.717, 1.165) is 25.9 Å². The zero-order valence-electron chi connectivity index (χ0n) is 11.7. The van der Waals surface area contributed by atoms with Crippen LogP contribution in [0.4, 0.5) is 4.39 Å². The summed E-state index contributed by atoms with van der Waals surface area (Å²) in [5.41, 5.74) is 0.614. The Morgan fingerprint density at radius 3 is 2.45 bits per heavy atom. The van der Waals surface area contributed by atoms with Gasteiger partial charge in [0.05, 0.1) is 5.75 Å². The Balaban J connectivity index is 1.96. The van der Waals surface area contributed by atoms with Gasteiger partial charge in [0.15, 0.2) is 0 Å². The molecule has 0 atom stereocenters. The lowest BCUT2D eigenvalue weighted by Gasteiger charge is -2.27. The number of piperidine rings is 1. The van der Waals surface area contributed by atoms with Gasteiger partial charge in [-0.15, -0.1) is 0 Å². The molecule has 1 heterocycles. The lowest BCUT2D eigenvalue weighted by atomic mass is 9.98. The molecule has 2 rings (SSSR count). The molecule has 1 fully saturated rings. The number of hydrogen-bond donors (Lipinski definition) is 1. The van der Waals surface area contributed by atoms with Crippen molar-refractivity contribution in [1.29, 1.82) is 0 Å². The van der Waals surface area contributed by atoms with Crippen molar-refractivity contribution < 1.29 is 12.8 Å². The van der Waals surface area contributed by atoms with Crippen LogP contribution in [0.1, 0.15) is 18.4 Å². The molecule has 1 saturated heterocycles. The predicted octanol–water partition coefficient (Wildman–Crippen LogP) is 1.59. The van der Waals surface area contributed by atoms with Gasteiger partial charge < -0.3 is 5.32 Å². The average Bonchev–Trinajstić information content (AvgIpc) is 2.42. The van der Waals surface area contributed by atoms with Gasteiger partial charge in [0.25, 0.3) is 0 Å². The third-order valence-electron chi connectivity index (χ3n) is 3.71. The fourth-order valence-electron chi connectivity index (χ4n) is 2.44. The Hall–Kier alpha value is -0.980. The summed E-state index contributed by atoms with van der Waals surface area (Å²) in [6.45, 7) is 2.47. The maximum atomic E-state index is 12.8. The molecule has 6 heteroatoms. The van der Waals surface area contributed by atoms with Gasteiger partial charge in [0.1, 0.15) is 5.82 Å². The van der Waals surface area contributed by atoms with Crippen LogP contribution < -0.4 is 5.32 Å². The molecule has 1 aromatic carbocycles. The maximum Gasteiger partial charge on any atom is 0.218 e. The number of halogens is 1. The van der Waals surface area contributed by atoms with Gasteiger partial charge >= 0.3 is 0 Å². The first-order valence-corrected chi connectivity index (χ1v) is 8.47. The zero-order valence-corrected chi connectivity index (χ0v) is 12.5. The van der Waals surface area contributed by atoms with Gasteiger partial charge in [-0.1, -0.05) is 12.1 Å². The first-order chi connectivity index (χ1) is 9.47. The van der Waals surface area contributed by atoms with E-state index in [-0.39, 0.29) is 11.6 Å². The molecule has 1 aliphatic rings. The van der Waals surface area contributed by atoms with Gasteiger partial charge in [0.2, 0.25) is 10.0 Å². The van der Waals surface area contributed by atoms with E-state index in [1.54, 1.807) is 7.05 Å². The molecule has 112 valence electrons. The molecule has 0 amide bonds. The topological polar surface area (TPSA) is 49.4 Å². The van der Waals surface area contributed by atoms with Crippen LogP contribution in [0, 0.1) is 11.7 Å². The van der Waals surface area contributed by atoms with Crippen LogP contribution in [0.3, 0.4) is 0 Å². The van der Waals surface area contributed by atoms with Gasteiger partial charge in [-0.2, -0.15) is 0 Å². The highest BCUT2D eigenvalue weighted by Crippen LogP contribution is 2.17. The maximum absolute atomic E-state index is 12.8. The molecular weight excluding hydrogens is 279 g/mol. The van der Waals surface area contributed by atoms with Crippen molar-refractivity contribution in [3.05, 3.63) is 35.6 Å². The molecule has 0 radical (unpaired) electrons. The molecule has 1 N–H and O–H groups in total. The summed E-state index contributed by atoms with van der Waals surface area (Å²) in [7, 11) is -1.71. The van der Waals surface area contributed by atoms with Crippen LogP contribution in [-0.4, -0.2) is 39.4 Å². The fourth-order valence-corrected chi connectivity index (χ4v) is 3.71. The van der Waals surface area contributed by atoms with Crippen LogP contribution in [0.5, 0.6) is 0 Å². The van der Waals surface area contributed by atoms with Crippen molar-refractivity contribution in [1.82, 2.24) is 9.62 Å². The summed E-state index contributed by atoms with van der Waals surface area (Å²) in [6, 6.07) is 5.62. The lowest BCUT2D eigenvalue weighted by molar-refractivity contribution is 0.311. The van der Waals surface area contributed by atoms with Crippen molar-refractivity contribution in [2.24, 2.45) is 5.92 Å². The highest BCUT2D eigenvalue weighted by atomic mass is 32.2. The summed E-state index contributed by atoms with van der Waals surface area (Å²) in [5.74, 6) is -0.00664. The number of nitrogens with one attached hydrogen (secondary N) is 1. The van der Waals surface area contributed by atoms with Gasteiger partial charge in [-0.3, -0.25) is 0 Å². The van der Waals surface area contributed by atoms with Crippen molar-refractivity contribution in [3.8, 4) is 0 Å². The third kappa shape index (κ3) is 4.26. The molecule has 0 bridgehead atoms. The molecular formula is C14H21FN2O2S. The standard InChI is InChI=1S/C14H21FN2O2S/c1-17(10-12-6-8-16-9-7-12)20(18,19)11-13-2-4-14(15)5-3-13/h2-5,12,16H,6-11H2,1H3. The smallest absolute Gasteiger partial charge is 0.218 e. The van der Waals surface area contributed by atoms with Crippen LogP contribution in [0.2, 0.25) is 0 Å². The molecule has 0 aromatic heterocycles. The number of benzene rings is 1. The highest BCUT2D eigenvalue weighted by molar-refractivity contribution is 7.88. The lowest BCUT2D eigenvalue weighted by Crippen LogP contribution is -2.37. The van der Waals surface area contributed by atoms with E-state index in [2.05, 4.69) is 5.32 Å². The van der Waals surface area contributed by atoms with Gasteiger partial charge in [-0.05, 0) is 49.5 Å². The van der Waals surface area contributed by atoms with Crippen molar-refractivity contribution >= 4 is 10.0 Å². The Kier molecular flexibility index (Phi) is 5.12. The Labute approximate surface area is 120 Å². The normalized spacial score (nSPS) is 17.6. The first kappa shape index (κ1) is 15.4. The summed E-state index contributed by atoms with van der Waals surface area (Å²) < 4.78 is 38.8. The molecule has 4 nitrogen and oxygen atoms in total. The van der Waals surface area contributed by atoms with Gasteiger partial charge in [0, 0.05) is 13.6 Å². The molecule has 1 aromatic rings. The summed E-state index contributed by atoms with van der Waals surface area (Å²) >= 11 is 0. The van der Waals surface area contributed by atoms with E-state index >= 15 is 0 Å². The predicted molar refractivity (Wildman–Crippen MR) is 77.2 cm³/mol. The summed E-state index contributed by atoms with van der Waals surface area (Å²) in [6.07, 6.45) is 2.02. The molecule has 0 saturated carbocycles. The highest BCUT2D eigenvalue weighted by Gasteiger charge is 2.23. The van der Waals surface area contributed by atoms with Crippen LogP contribution in [-0.2, 0) is 15.8 Å². The van der Waals surface area contributed by atoms with E-state index in [9.17, 15) is 12.8 Å². The minimum absolute atomic E-state index is 0.0747. The van der Waals surface area contributed by atoms with Crippen LogP contribution >= 0.6 is 0 Å². The minimum Gasteiger partial charge on any atom is -0.317 e. The number of nitrogens with zero attached hydrogens (tertiary/aromatic N) is 1. The molecule has 20 heavy (non-hydrogen) atoms. The Bertz CT molecular complexity index is 525. The summed E-state index contributed by atoms with van der Waals surface area (Å²) in [5, 5.41) is 3.27. The first-order valence-electron chi connectivity index (χ1n) is 6.86. The molecule has 0 unspecified atom stereocenters. The van der Waals surface area contributed by atoms with Gasteiger partial charge in [-0.25, -0.2) is 17.1 Å². The number of rotatable bonds is 5. The zero-order chi connectivity index (χ0) is 14.6. The van der Waals surface area contributed by atoms with Crippen LogP contribution in [0.15, 0.2) is 24.3 Å². The largest absolute Gasteiger partial charge is 0.317 e. The molecule has 0 spiro atoms. The van der Waals surface area contributed by atoms with Crippen molar-refractivity contribution in [3.63, 3.8) is 0 Å². The fraction of sp³-hybridized carbons (Fsp3) is 0.571. The second kappa shape index (κ2) is 6.65. The SMILES string of the molecule is CN(CC1CCNCC1)S(=O)(=O)Cc1ccc(F)cc1. The third-order valence-corrected chi connectivity index (χ3v) is 5.51. The van der Waals surface area contributed by atoms with E-state index in [0.29, 0.717) is 18.0 Å². The quantitative estimate of drug-likeness (QED) is 0.898. The van der Waals surface area contributed by atoms with Crippen molar-refractivity contribution in [2.75, 3.05) is 26.7 Å². The van der Waals surface area contributed by atoms with E-state index < -0.39 is 10.0 Å². The minimum atomic E-state index is -3.34. The monoisotopic (exact) mass is 300 g/mol. The van der Waals surface area contributed by atoms with E-state index in [4.69, 9.17) is 0 Å². The van der Waals surface area contributed by atoms with Crippen LogP contribution in [0.25, 0.3) is 0 Å². The number of sulfonamides is 1. The Morgan fingerprint density at radius 1 is 1.25 bits per heavy atom. The molecule has 1 aliphatic heterocycles.